The van der Waals surface area contributed by atoms with Crippen molar-refractivity contribution < 1.29 is 41.7 Å². The first kappa shape index (κ1) is 22.6. The molecule has 6 nitrogen and oxygen atoms in total. The summed E-state index contributed by atoms with van der Waals surface area (Å²) in [4.78, 5) is 24.5. The second-order valence-corrected chi connectivity index (χ2v) is 8.42. The minimum absolute atomic E-state index is 0.0804. The van der Waals surface area contributed by atoms with Crippen LogP contribution in [0.4, 0.5) is 13.2 Å². The van der Waals surface area contributed by atoms with E-state index in [1.165, 1.54) is 12.2 Å². The maximum atomic E-state index is 12.9. The minimum atomic E-state index is -4.56. The highest BCUT2D eigenvalue weighted by atomic mass is 19.4. The van der Waals surface area contributed by atoms with E-state index in [0.717, 1.165) is 0 Å². The maximum absolute atomic E-state index is 12.9. The molecule has 0 aromatic rings. The fourth-order valence-electron chi connectivity index (χ4n) is 3.87. The molecule has 0 spiro atoms. The van der Waals surface area contributed by atoms with Crippen molar-refractivity contribution in [2.24, 2.45) is 11.8 Å². The molecule has 30 heavy (non-hydrogen) atoms. The van der Waals surface area contributed by atoms with Crippen LogP contribution in [0.5, 0.6) is 0 Å². The Balaban J connectivity index is 2.02. The van der Waals surface area contributed by atoms with Crippen LogP contribution in [0.25, 0.3) is 0 Å². The van der Waals surface area contributed by atoms with Gasteiger partial charge in [0.1, 0.15) is 18.8 Å². The molecule has 166 valence electrons. The van der Waals surface area contributed by atoms with Crippen molar-refractivity contribution in [1.82, 2.24) is 0 Å². The molecule has 0 saturated carbocycles. The smallest absolute Gasteiger partial charge is 0.411 e. The average molecular weight is 430 g/mol. The Hall–Kier alpha value is -2.13. The quantitative estimate of drug-likeness (QED) is 0.386. The molecule has 1 saturated heterocycles. The van der Waals surface area contributed by atoms with Gasteiger partial charge in [0.2, 0.25) is 5.79 Å². The SMILES string of the molecule is C=C1C(=O)O[C@@H]2/C=C(\C)[C@@]3(OCC(F)(F)F)C=C[C@@](C)(CC(OC(=O)C(C)C)[C@@H]12)O3. The van der Waals surface area contributed by atoms with E-state index in [1.807, 2.05) is 0 Å². The van der Waals surface area contributed by atoms with Crippen LogP contribution in [0.3, 0.4) is 0 Å². The normalized spacial score (nSPS) is 37.7. The molecule has 0 radical (unpaired) electrons. The Morgan fingerprint density at radius 1 is 1.37 bits per heavy atom. The first-order valence-corrected chi connectivity index (χ1v) is 9.66. The van der Waals surface area contributed by atoms with E-state index >= 15 is 0 Å². The fourth-order valence-corrected chi connectivity index (χ4v) is 3.87. The zero-order valence-corrected chi connectivity index (χ0v) is 17.2. The van der Waals surface area contributed by atoms with E-state index in [9.17, 15) is 22.8 Å². The third-order valence-electron chi connectivity index (χ3n) is 5.46. The topological polar surface area (TPSA) is 71.1 Å². The highest BCUT2D eigenvalue weighted by Gasteiger charge is 2.53. The van der Waals surface area contributed by atoms with E-state index in [-0.39, 0.29) is 12.0 Å². The molecular weight excluding hydrogens is 405 g/mol. The Morgan fingerprint density at radius 3 is 2.63 bits per heavy atom. The minimum Gasteiger partial charge on any atom is -0.461 e. The number of halogens is 3. The molecule has 3 heterocycles. The summed E-state index contributed by atoms with van der Waals surface area (Å²) < 4.78 is 60.8. The van der Waals surface area contributed by atoms with Gasteiger partial charge in [-0.1, -0.05) is 26.5 Å². The molecular formula is C21H25F3O6. The van der Waals surface area contributed by atoms with Crippen molar-refractivity contribution in [3.05, 3.63) is 36.0 Å². The number of alkyl halides is 3. The summed E-state index contributed by atoms with van der Waals surface area (Å²) in [7, 11) is 0. The van der Waals surface area contributed by atoms with Crippen LogP contribution < -0.4 is 0 Å². The lowest BCUT2D eigenvalue weighted by Crippen LogP contribution is -2.43. The number of fused-ring (bicyclic) bond motifs is 3. The third kappa shape index (κ3) is 4.32. The van der Waals surface area contributed by atoms with Gasteiger partial charge in [0, 0.05) is 12.0 Å². The Morgan fingerprint density at radius 2 is 2.03 bits per heavy atom. The Bertz CT molecular complexity index is 814. The van der Waals surface area contributed by atoms with Gasteiger partial charge >= 0.3 is 18.1 Å². The van der Waals surface area contributed by atoms with Crippen LogP contribution in [0.1, 0.15) is 34.1 Å². The summed E-state index contributed by atoms with van der Waals surface area (Å²) in [6, 6.07) is 0. The van der Waals surface area contributed by atoms with Crippen molar-refractivity contribution in [1.29, 1.82) is 0 Å². The summed E-state index contributed by atoms with van der Waals surface area (Å²) in [6.07, 6.45) is -1.70. The van der Waals surface area contributed by atoms with Gasteiger partial charge in [0.05, 0.1) is 17.4 Å². The van der Waals surface area contributed by atoms with Gasteiger partial charge in [0.15, 0.2) is 0 Å². The number of esters is 2. The maximum Gasteiger partial charge on any atom is 0.411 e. The van der Waals surface area contributed by atoms with E-state index in [0.29, 0.717) is 5.57 Å². The number of rotatable bonds is 4. The molecule has 2 bridgehead atoms. The number of hydrogen-bond acceptors (Lipinski definition) is 6. The summed E-state index contributed by atoms with van der Waals surface area (Å²) in [5.41, 5.74) is -0.676. The Kier molecular flexibility index (Phi) is 5.66. The van der Waals surface area contributed by atoms with Crippen LogP contribution in [-0.2, 0) is 28.5 Å². The second kappa shape index (κ2) is 7.53. The molecule has 0 aliphatic carbocycles. The molecule has 5 atom stereocenters. The largest absolute Gasteiger partial charge is 0.461 e. The lowest BCUT2D eigenvalue weighted by atomic mass is 9.83. The van der Waals surface area contributed by atoms with Gasteiger partial charge in [-0.25, -0.2) is 4.79 Å². The molecule has 0 amide bonds. The second-order valence-electron chi connectivity index (χ2n) is 8.42. The van der Waals surface area contributed by atoms with Crippen LogP contribution in [0, 0.1) is 11.8 Å². The number of carbonyl (C=O) groups excluding carboxylic acids is 2. The number of hydrogen-bond donors (Lipinski definition) is 0. The molecule has 3 aliphatic heterocycles. The van der Waals surface area contributed by atoms with Gasteiger partial charge in [-0.3, -0.25) is 4.79 Å². The van der Waals surface area contributed by atoms with E-state index in [1.54, 1.807) is 33.8 Å². The summed E-state index contributed by atoms with van der Waals surface area (Å²) in [5, 5.41) is 0. The number of carbonyl (C=O) groups is 2. The predicted octanol–water partition coefficient (Wildman–Crippen LogP) is 3.62. The van der Waals surface area contributed by atoms with E-state index in [4.69, 9.17) is 18.9 Å². The highest BCUT2D eigenvalue weighted by Crippen LogP contribution is 2.46. The van der Waals surface area contributed by atoms with Crippen LogP contribution in [0.2, 0.25) is 0 Å². The van der Waals surface area contributed by atoms with Gasteiger partial charge < -0.3 is 18.9 Å². The lowest BCUT2D eigenvalue weighted by Gasteiger charge is -2.35. The van der Waals surface area contributed by atoms with Gasteiger partial charge in [-0.2, -0.15) is 13.2 Å². The molecule has 3 aliphatic rings. The van der Waals surface area contributed by atoms with Crippen LogP contribution in [-0.4, -0.2) is 48.3 Å². The predicted molar refractivity (Wildman–Crippen MR) is 99.0 cm³/mol. The average Bonchev–Trinajstić information content (AvgIpc) is 3.10. The summed E-state index contributed by atoms with van der Waals surface area (Å²) in [5.74, 6) is -4.00. The molecule has 0 aromatic heterocycles. The van der Waals surface area contributed by atoms with Crippen LogP contribution in [0.15, 0.2) is 36.0 Å². The first-order valence-electron chi connectivity index (χ1n) is 9.66. The fraction of sp³-hybridized carbons (Fsp3) is 0.619. The van der Waals surface area contributed by atoms with Crippen molar-refractivity contribution in [2.75, 3.05) is 6.61 Å². The molecule has 0 N–H and O–H groups in total. The van der Waals surface area contributed by atoms with E-state index < -0.39 is 60.2 Å². The van der Waals surface area contributed by atoms with E-state index in [2.05, 4.69) is 6.58 Å². The van der Waals surface area contributed by atoms with Gasteiger partial charge in [-0.15, -0.1) is 0 Å². The molecule has 3 rings (SSSR count). The summed E-state index contributed by atoms with van der Waals surface area (Å²) in [6.45, 7) is 8.81. The monoisotopic (exact) mass is 430 g/mol. The lowest BCUT2D eigenvalue weighted by molar-refractivity contribution is -0.264. The van der Waals surface area contributed by atoms with Crippen molar-refractivity contribution in [3.63, 3.8) is 0 Å². The van der Waals surface area contributed by atoms with Gasteiger partial charge in [-0.05, 0) is 31.6 Å². The zero-order chi connectivity index (χ0) is 22.5. The van der Waals surface area contributed by atoms with Gasteiger partial charge in [0.25, 0.3) is 0 Å². The summed E-state index contributed by atoms with van der Waals surface area (Å²) >= 11 is 0. The van der Waals surface area contributed by atoms with Crippen molar-refractivity contribution in [2.45, 2.75) is 63.9 Å². The number of ether oxygens (including phenoxy) is 4. The van der Waals surface area contributed by atoms with Crippen molar-refractivity contribution >= 4 is 11.9 Å². The molecule has 1 unspecified atom stereocenters. The Labute approximate surface area is 172 Å². The zero-order valence-electron chi connectivity index (χ0n) is 17.2. The molecule has 9 heteroatoms. The third-order valence-corrected chi connectivity index (χ3v) is 5.46. The van der Waals surface area contributed by atoms with Crippen LogP contribution >= 0.6 is 0 Å². The molecule has 1 fully saturated rings. The van der Waals surface area contributed by atoms with Crippen molar-refractivity contribution in [3.8, 4) is 0 Å². The molecule has 0 aromatic carbocycles. The first-order chi connectivity index (χ1) is 13.8. The standard InChI is InChI=1S/C21H25F3O6/c1-11(2)17(25)29-15-9-19(5)6-7-20(30-19,27-10-21(22,23)24)12(3)8-14-16(15)13(4)18(26)28-14/h6-8,11,14-16H,4,9-10H2,1-3,5H3/b12-8+/t14-,15?,16+,19+,20-/m1/s1. The highest BCUT2D eigenvalue weighted by molar-refractivity contribution is 5.91.